The molecule has 0 aliphatic carbocycles. The van der Waals surface area contributed by atoms with E-state index >= 15 is 0 Å². The van der Waals surface area contributed by atoms with Crippen LogP contribution >= 0.6 is 0 Å². The molecule has 0 aliphatic rings. The van der Waals surface area contributed by atoms with Gasteiger partial charge in [0.25, 0.3) is 0 Å². The lowest BCUT2D eigenvalue weighted by Gasteiger charge is -2.13. The van der Waals surface area contributed by atoms with E-state index in [9.17, 15) is 0 Å². The smallest absolute Gasteiger partial charge is 0.0237 e. The normalized spacial score (nSPS) is 10.2. The fourth-order valence-corrected chi connectivity index (χ4v) is 1.09. The Morgan fingerprint density at radius 1 is 1.25 bits per heavy atom. The zero-order valence-corrected chi connectivity index (χ0v) is 7.24. The predicted octanol–water partition coefficient (Wildman–Crippen LogP) is 2.47. The van der Waals surface area contributed by atoms with Gasteiger partial charge in [-0.3, -0.25) is 4.90 Å². The summed E-state index contributed by atoms with van der Waals surface area (Å²) in [7, 11) is 3.89. The van der Waals surface area contributed by atoms with E-state index in [0.29, 0.717) is 0 Å². The fraction of sp³-hybridized carbons (Fsp3) is 0.182. The van der Waals surface area contributed by atoms with Crippen molar-refractivity contribution >= 4 is 0 Å². The molecule has 0 aromatic heterocycles. The Kier molecular flexibility index (Phi) is 3.55. The minimum atomic E-state index is 0.828. The molecule has 1 nitrogen and oxygen atoms in total. The molecule has 0 bridgehead atoms. The first-order valence-corrected chi connectivity index (χ1v) is 4.03. The summed E-state index contributed by atoms with van der Waals surface area (Å²) >= 11 is 0. The molecule has 0 saturated heterocycles. The molecule has 0 heterocycles. The third-order valence-electron chi connectivity index (χ3n) is 1.64. The average molecular weight is 160 g/mol. The second kappa shape index (κ2) is 4.73. The van der Waals surface area contributed by atoms with E-state index in [0.717, 1.165) is 13.1 Å². The maximum Gasteiger partial charge on any atom is 0.0237 e. The van der Waals surface area contributed by atoms with E-state index in [1.807, 2.05) is 29.2 Å². The Bertz CT molecular complexity index is 228. The predicted molar refractivity (Wildman–Crippen MR) is 52.4 cm³/mol. The number of nitrogens with zero attached hydrogens (tertiary/aromatic N) is 1. The first-order chi connectivity index (χ1) is 5.83. The summed E-state index contributed by atoms with van der Waals surface area (Å²) in [5.41, 5.74) is 1.29. The van der Waals surface area contributed by atoms with Crippen molar-refractivity contribution in [2.45, 2.75) is 6.54 Å². The van der Waals surface area contributed by atoms with Crippen molar-refractivity contribution in [3.8, 4) is 0 Å². The Balaban J connectivity index is 2.46. The Hall–Kier alpha value is -1.08. The Morgan fingerprint density at radius 2 is 1.92 bits per heavy atom. The van der Waals surface area contributed by atoms with Crippen LogP contribution in [0.3, 0.4) is 0 Å². The van der Waals surface area contributed by atoms with Crippen LogP contribution in [0, 0.1) is 7.05 Å². The van der Waals surface area contributed by atoms with Gasteiger partial charge in [0.15, 0.2) is 0 Å². The molecule has 0 N–H and O–H groups in total. The number of hydrogen-bond donors (Lipinski definition) is 0. The van der Waals surface area contributed by atoms with E-state index in [2.05, 4.69) is 25.8 Å². The summed E-state index contributed by atoms with van der Waals surface area (Å²) in [5, 5.41) is 0. The zero-order chi connectivity index (χ0) is 8.81. The SMILES string of the molecule is [CH2]N(CC=C)Cc1ccccc1. The van der Waals surface area contributed by atoms with Gasteiger partial charge in [-0.25, -0.2) is 0 Å². The van der Waals surface area contributed by atoms with Crippen LogP contribution in [0.5, 0.6) is 0 Å². The highest BCUT2D eigenvalue weighted by molar-refractivity contribution is 5.14. The van der Waals surface area contributed by atoms with Crippen molar-refractivity contribution in [3.05, 3.63) is 55.6 Å². The second-order valence-corrected chi connectivity index (χ2v) is 2.79. The van der Waals surface area contributed by atoms with Gasteiger partial charge < -0.3 is 0 Å². The third kappa shape index (κ3) is 2.89. The molecule has 1 rings (SSSR count). The lowest BCUT2D eigenvalue weighted by Crippen LogP contribution is -2.14. The van der Waals surface area contributed by atoms with Gasteiger partial charge in [-0.2, -0.15) is 0 Å². The van der Waals surface area contributed by atoms with Crippen LogP contribution in [-0.2, 0) is 6.54 Å². The highest BCUT2D eigenvalue weighted by Gasteiger charge is 1.95. The van der Waals surface area contributed by atoms with Crippen LogP contribution in [0.15, 0.2) is 43.0 Å². The summed E-state index contributed by atoms with van der Waals surface area (Å²) in [6, 6.07) is 10.3. The highest BCUT2D eigenvalue weighted by Crippen LogP contribution is 2.02. The summed E-state index contributed by atoms with van der Waals surface area (Å²) < 4.78 is 0. The number of hydrogen-bond acceptors (Lipinski definition) is 1. The third-order valence-corrected chi connectivity index (χ3v) is 1.64. The van der Waals surface area contributed by atoms with Crippen LogP contribution in [0.25, 0.3) is 0 Å². The molecule has 0 amide bonds. The number of rotatable bonds is 4. The highest BCUT2D eigenvalue weighted by atomic mass is 15.1. The lowest BCUT2D eigenvalue weighted by molar-refractivity contribution is 0.403. The molecule has 0 saturated carbocycles. The molecule has 63 valence electrons. The van der Waals surface area contributed by atoms with E-state index in [-0.39, 0.29) is 0 Å². The second-order valence-electron chi connectivity index (χ2n) is 2.79. The first-order valence-electron chi connectivity index (χ1n) is 4.03. The summed E-state index contributed by atoms with van der Waals surface area (Å²) in [6.07, 6.45) is 1.86. The minimum Gasteiger partial charge on any atom is -0.294 e. The fourth-order valence-electron chi connectivity index (χ4n) is 1.09. The largest absolute Gasteiger partial charge is 0.294 e. The molecule has 1 radical (unpaired) electrons. The van der Waals surface area contributed by atoms with Gasteiger partial charge in [0.1, 0.15) is 0 Å². The molecular formula is C11H14N. The van der Waals surface area contributed by atoms with Gasteiger partial charge >= 0.3 is 0 Å². The van der Waals surface area contributed by atoms with E-state index in [1.165, 1.54) is 5.56 Å². The molecule has 0 aliphatic heterocycles. The quantitative estimate of drug-likeness (QED) is 0.611. The Labute approximate surface area is 74.3 Å². The van der Waals surface area contributed by atoms with Gasteiger partial charge in [-0.15, -0.1) is 6.58 Å². The summed E-state index contributed by atoms with van der Waals surface area (Å²) in [6.45, 7) is 5.37. The first kappa shape index (κ1) is 9.01. The molecule has 0 unspecified atom stereocenters. The van der Waals surface area contributed by atoms with Crippen LogP contribution < -0.4 is 0 Å². The molecule has 0 fully saturated rings. The molecule has 1 heteroatoms. The van der Waals surface area contributed by atoms with Gasteiger partial charge in [0, 0.05) is 20.1 Å². The maximum absolute atomic E-state index is 3.89. The molecule has 12 heavy (non-hydrogen) atoms. The monoisotopic (exact) mass is 160 g/mol. The molecule has 1 aromatic rings. The van der Waals surface area contributed by atoms with Gasteiger partial charge in [0.2, 0.25) is 0 Å². The molecular weight excluding hydrogens is 146 g/mol. The Morgan fingerprint density at radius 3 is 2.50 bits per heavy atom. The van der Waals surface area contributed by atoms with E-state index in [1.54, 1.807) is 0 Å². The van der Waals surface area contributed by atoms with Crippen LogP contribution in [0.1, 0.15) is 5.56 Å². The zero-order valence-electron chi connectivity index (χ0n) is 7.24. The molecule has 0 spiro atoms. The van der Waals surface area contributed by atoms with Gasteiger partial charge in [-0.1, -0.05) is 36.4 Å². The van der Waals surface area contributed by atoms with Crippen molar-refractivity contribution < 1.29 is 0 Å². The molecule has 0 atom stereocenters. The molecule has 1 aromatic carbocycles. The van der Waals surface area contributed by atoms with Crippen LogP contribution in [-0.4, -0.2) is 11.4 Å². The maximum atomic E-state index is 3.89. The van der Waals surface area contributed by atoms with Gasteiger partial charge in [-0.05, 0) is 5.56 Å². The van der Waals surface area contributed by atoms with Crippen LogP contribution in [0.2, 0.25) is 0 Å². The van der Waals surface area contributed by atoms with Crippen molar-refractivity contribution in [1.82, 2.24) is 4.90 Å². The van der Waals surface area contributed by atoms with Crippen molar-refractivity contribution in [3.63, 3.8) is 0 Å². The number of benzene rings is 1. The van der Waals surface area contributed by atoms with Crippen molar-refractivity contribution in [1.29, 1.82) is 0 Å². The minimum absolute atomic E-state index is 0.828. The lowest BCUT2D eigenvalue weighted by atomic mass is 10.2. The summed E-state index contributed by atoms with van der Waals surface area (Å²) in [4.78, 5) is 1.97. The standard InChI is InChI=1S/C11H14N/c1-3-9-12(2)10-11-7-5-4-6-8-11/h3-8H,1-2,9-10H2. The van der Waals surface area contributed by atoms with E-state index < -0.39 is 0 Å². The van der Waals surface area contributed by atoms with Gasteiger partial charge in [0.05, 0.1) is 0 Å². The van der Waals surface area contributed by atoms with E-state index in [4.69, 9.17) is 0 Å². The topological polar surface area (TPSA) is 3.24 Å². The van der Waals surface area contributed by atoms with Crippen LogP contribution in [0.4, 0.5) is 0 Å². The van der Waals surface area contributed by atoms with Crippen molar-refractivity contribution in [2.75, 3.05) is 6.54 Å². The average Bonchev–Trinajstić information content (AvgIpc) is 2.06. The summed E-state index contributed by atoms with van der Waals surface area (Å²) in [5.74, 6) is 0. The van der Waals surface area contributed by atoms with Crippen molar-refractivity contribution in [2.24, 2.45) is 0 Å².